The van der Waals surface area contributed by atoms with E-state index in [-0.39, 0.29) is 11.9 Å². The van der Waals surface area contributed by atoms with Crippen molar-refractivity contribution < 1.29 is 4.39 Å². The highest BCUT2D eigenvalue weighted by molar-refractivity contribution is 5.35. The van der Waals surface area contributed by atoms with Gasteiger partial charge in [0.2, 0.25) is 5.95 Å². The molecule has 1 aliphatic heterocycles. The molecule has 0 amide bonds. The molecular formula is C14H15FN8. The molecule has 0 spiro atoms. The third kappa shape index (κ3) is 2.71. The SMILES string of the molecule is Fc1cccc(C2CNCCN2Nc2ncnc3ncnn23)c1. The number of nitrogens with zero attached hydrogens (tertiary/aromatic N) is 6. The van der Waals surface area contributed by atoms with Gasteiger partial charge in [-0.2, -0.15) is 19.6 Å². The first-order valence-corrected chi connectivity index (χ1v) is 7.31. The Hall–Kier alpha value is -2.65. The first-order valence-electron chi connectivity index (χ1n) is 7.31. The molecule has 3 aromatic rings. The van der Waals surface area contributed by atoms with Crippen LogP contribution in [0.1, 0.15) is 11.6 Å². The quantitative estimate of drug-likeness (QED) is 0.733. The molecule has 9 heteroatoms. The molecule has 23 heavy (non-hydrogen) atoms. The van der Waals surface area contributed by atoms with Crippen LogP contribution in [0, 0.1) is 5.82 Å². The topological polar surface area (TPSA) is 83.3 Å². The summed E-state index contributed by atoms with van der Waals surface area (Å²) in [5, 5.41) is 9.46. The summed E-state index contributed by atoms with van der Waals surface area (Å²) in [5.74, 6) is 0.754. The van der Waals surface area contributed by atoms with Gasteiger partial charge in [-0.05, 0) is 17.7 Å². The molecule has 4 rings (SSSR count). The van der Waals surface area contributed by atoms with Crippen LogP contribution in [0.2, 0.25) is 0 Å². The lowest BCUT2D eigenvalue weighted by Gasteiger charge is -2.36. The number of hydrazine groups is 1. The first-order chi connectivity index (χ1) is 11.3. The Morgan fingerprint density at radius 1 is 1.22 bits per heavy atom. The van der Waals surface area contributed by atoms with Gasteiger partial charge in [0.05, 0.1) is 6.04 Å². The van der Waals surface area contributed by atoms with Gasteiger partial charge in [-0.1, -0.05) is 12.1 Å². The predicted molar refractivity (Wildman–Crippen MR) is 80.9 cm³/mol. The summed E-state index contributed by atoms with van der Waals surface area (Å²) in [6.07, 6.45) is 2.86. The molecule has 0 bridgehead atoms. The smallest absolute Gasteiger partial charge is 0.256 e. The Morgan fingerprint density at radius 3 is 3.04 bits per heavy atom. The maximum atomic E-state index is 13.5. The predicted octanol–water partition coefficient (Wildman–Crippen LogP) is 0.632. The number of halogens is 1. The van der Waals surface area contributed by atoms with Gasteiger partial charge in [-0.15, -0.1) is 0 Å². The minimum absolute atomic E-state index is 0.0204. The molecule has 2 N–H and O–H groups in total. The molecule has 2 aromatic heterocycles. The van der Waals surface area contributed by atoms with Crippen LogP contribution in [0.4, 0.5) is 10.3 Å². The minimum atomic E-state index is -0.242. The number of anilines is 1. The lowest BCUT2D eigenvalue weighted by molar-refractivity contribution is 0.197. The molecule has 118 valence electrons. The Labute approximate surface area is 131 Å². The van der Waals surface area contributed by atoms with Gasteiger partial charge < -0.3 is 5.32 Å². The van der Waals surface area contributed by atoms with E-state index in [1.54, 1.807) is 12.1 Å². The van der Waals surface area contributed by atoms with Crippen molar-refractivity contribution in [2.75, 3.05) is 25.1 Å². The first kappa shape index (κ1) is 14.0. The second-order valence-corrected chi connectivity index (χ2v) is 5.25. The zero-order valence-corrected chi connectivity index (χ0v) is 12.2. The van der Waals surface area contributed by atoms with Crippen molar-refractivity contribution >= 4 is 11.7 Å². The standard InChI is InChI=1S/C14H15FN8/c15-11-3-1-2-10(6-11)12-7-16-4-5-22(12)21-14-18-8-17-13-19-9-20-23(13)14/h1-3,6,8-9,12,16H,4-5,7H2,(H,17,18,19,20,21). The summed E-state index contributed by atoms with van der Waals surface area (Å²) in [5.41, 5.74) is 4.16. The van der Waals surface area contributed by atoms with Crippen molar-refractivity contribution in [3.8, 4) is 0 Å². The fourth-order valence-electron chi connectivity index (χ4n) is 2.72. The van der Waals surface area contributed by atoms with Gasteiger partial charge in [0.15, 0.2) is 0 Å². The minimum Gasteiger partial charge on any atom is -0.313 e. The third-order valence-electron chi connectivity index (χ3n) is 3.80. The summed E-state index contributed by atoms with van der Waals surface area (Å²) in [6.45, 7) is 2.27. The lowest BCUT2D eigenvalue weighted by Crippen LogP contribution is -2.49. The molecule has 1 aromatic carbocycles. The van der Waals surface area contributed by atoms with E-state index in [2.05, 4.69) is 30.8 Å². The van der Waals surface area contributed by atoms with E-state index >= 15 is 0 Å². The number of rotatable bonds is 3. The van der Waals surface area contributed by atoms with Crippen molar-refractivity contribution in [2.45, 2.75) is 6.04 Å². The Morgan fingerprint density at radius 2 is 2.13 bits per heavy atom. The number of nitrogens with one attached hydrogen (secondary N) is 2. The van der Waals surface area contributed by atoms with Crippen LogP contribution < -0.4 is 10.7 Å². The molecule has 1 aliphatic rings. The summed E-state index contributed by atoms with van der Waals surface area (Å²) in [4.78, 5) is 12.3. The average Bonchev–Trinajstić information content (AvgIpc) is 3.05. The Bertz CT molecular complexity index is 819. The highest BCUT2D eigenvalue weighted by atomic mass is 19.1. The summed E-state index contributed by atoms with van der Waals surface area (Å²) >= 11 is 0. The molecule has 8 nitrogen and oxygen atoms in total. The highest BCUT2D eigenvalue weighted by Gasteiger charge is 2.25. The van der Waals surface area contributed by atoms with E-state index in [1.807, 2.05) is 11.1 Å². The van der Waals surface area contributed by atoms with Crippen molar-refractivity contribution in [1.82, 2.24) is 34.9 Å². The molecule has 0 radical (unpaired) electrons. The van der Waals surface area contributed by atoms with Crippen LogP contribution >= 0.6 is 0 Å². The van der Waals surface area contributed by atoms with Gasteiger partial charge in [-0.3, -0.25) is 5.43 Å². The molecule has 1 fully saturated rings. The zero-order valence-electron chi connectivity index (χ0n) is 12.2. The number of hydrogen-bond donors (Lipinski definition) is 2. The molecule has 1 unspecified atom stereocenters. The van der Waals surface area contributed by atoms with Crippen LogP contribution in [0.5, 0.6) is 0 Å². The van der Waals surface area contributed by atoms with Gasteiger partial charge in [0.25, 0.3) is 5.78 Å². The van der Waals surface area contributed by atoms with E-state index in [1.165, 1.54) is 23.2 Å². The summed E-state index contributed by atoms with van der Waals surface area (Å²) in [6, 6.07) is 6.62. The second-order valence-electron chi connectivity index (χ2n) is 5.25. The van der Waals surface area contributed by atoms with Crippen LogP contribution in [0.15, 0.2) is 36.9 Å². The molecular weight excluding hydrogens is 299 g/mol. The maximum absolute atomic E-state index is 13.5. The van der Waals surface area contributed by atoms with E-state index < -0.39 is 0 Å². The van der Waals surface area contributed by atoms with Crippen LogP contribution in [0.25, 0.3) is 5.78 Å². The highest BCUT2D eigenvalue weighted by Crippen LogP contribution is 2.23. The second kappa shape index (κ2) is 5.86. The van der Waals surface area contributed by atoms with Crippen molar-refractivity contribution in [3.63, 3.8) is 0 Å². The van der Waals surface area contributed by atoms with Crippen LogP contribution in [0.3, 0.4) is 0 Å². The van der Waals surface area contributed by atoms with Crippen molar-refractivity contribution in [3.05, 3.63) is 48.3 Å². The lowest BCUT2D eigenvalue weighted by atomic mass is 10.0. The van der Waals surface area contributed by atoms with Crippen LogP contribution in [-0.4, -0.2) is 49.2 Å². The Kier molecular flexibility index (Phi) is 3.56. The molecule has 0 aliphatic carbocycles. The van der Waals surface area contributed by atoms with Gasteiger partial charge in [0, 0.05) is 19.6 Å². The van der Waals surface area contributed by atoms with Gasteiger partial charge in [0.1, 0.15) is 18.5 Å². The number of benzene rings is 1. The molecule has 1 saturated heterocycles. The normalized spacial score (nSPS) is 19.1. The zero-order chi connectivity index (χ0) is 15.6. The average molecular weight is 314 g/mol. The third-order valence-corrected chi connectivity index (χ3v) is 3.80. The fourth-order valence-corrected chi connectivity index (χ4v) is 2.72. The van der Waals surface area contributed by atoms with Crippen molar-refractivity contribution in [2.24, 2.45) is 0 Å². The summed E-state index contributed by atoms with van der Waals surface area (Å²) < 4.78 is 15.1. The van der Waals surface area contributed by atoms with Gasteiger partial charge in [-0.25, -0.2) is 14.4 Å². The number of aromatic nitrogens is 5. The summed E-state index contributed by atoms with van der Waals surface area (Å²) in [7, 11) is 0. The molecule has 3 heterocycles. The van der Waals surface area contributed by atoms with E-state index in [0.29, 0.717) is 18.3 Å². The fraction of sp³-hybridized carbons (Fsp3) is 0.286. The van der Waals surface area contributed by atoms with Gasteiger partial charge >= 0.3 is 0 Å². The van der Waals surface area contributed by atoms with Crippen LogP contribution in [-0.2, 0) is 0 Å². The Balaban J connectivity index is 1.64. The maximum Gasteiger partial charge on any atom is 0.256 e. The van der Waals surface area contributed by atoms with Crippen molar-refractivity contribution in [1.29, 1.82) is 0 Å². The number of piperazine rings is 1. The molecule has 0 saturated carbocycles. The monoisotopic (exact) mass is 314 g/mol. The van der Waals surface area contributed by atoms with E-state index in [9.17, 15) is 4.39 Å². The number of hydrogen-bond acceptors (Lipinski definition) is 7. The number of fused-ring (bicyclic) bond motifs is 1. The molecule has 1 atom stereocenters. The van der Waals surface area contributed by atoms with E-state index in [0.717, 1.165) is 18.7 Å². The largest absolute Gasteiger partial charge is 0.313 e. The van der Waals surface area contributed by atoms with E-state index in [4.69, 9.17) is 0 Å².